The van der Waals surface area contributed by atoms with Gasteiger partial charge in [-0.05, 0) is 0 Å². The van der Waals surface area contributed by atoms with Crippen molar-refractivity contribution in [1.29, 1.82) is 0 Å². The molecule has 0 aliphatic carbocycles. The standard InChI is InChI=1S/Ag.Al.Au.Cu.Mg.H3Si.5H/h;;;;;1H3;;;;;. The first-order valence-corrected chi connectivity index (χ1v) is 7.40. The third kappa shape index (κ3) is 25.8. The molecule has 0 bridgehead atoms. The van der Waals surface area contributed by atoms with Gasteiger partial charge in [0, 0.05) is 39.4 Å². The van der Waals surface area contributed by atoms with Crippen LogP contribution in [0.15, 0.2) is 0 Å². The summed E-state index contributed by atoms with van der Waals surface area (Å²) in [4.78, 5) is 0. The summed E-state index contributed by atoms with van der Waals surface area (Å²) in [5, 5.41) is 0. The van der Waals surface area contributed by atoms with Crippen LogP contribution in [-0.2, 0) is 59.8 Å². The van der Waals surface area contributed by atoms with Gasteiger partial charge in [0.15, 0.2) is 17.4 Å². The Kier molecular flexibility index (Phi) is 219. The summed E-state index contributed by atoms with van der Waals surface area (Å²) in [5.74, 6) is 0. The fraction of sp³-hybridized carbons (Fsp3) is 0. The van der Waals surface area contributed by atoms with Gasteiger partial charge < -0.3 is 0 Å². The van der Waals surface area contributed by atoms with Gasteiger partial charge in [-0.1, -0.05) is 0 Å². The van der Waals surface area contributed by atoms with E-state index in [1.807, 2.05) is 0 Å². The first-order valence-electron chi connectivity index (χ1n) is 0.302. The molecule has 0 amide bonds. The molecule has 0 aromatic heterocycles. The van der Waals surface area contributed by atoms with Crippen molar-refractivity contribution in [1.82, 2.24) is 0 Å². The third-order valence-electron chi connectivity index (χ3n) is 0. The average Bonchev–Trinajstić information content (AvgIpc) is 1.00. The molecule has 0 atom stereocenters. The Balaban J connectivity index is -0.000000000833. The Labute approximate surface area is 106 Å². The van der Waals surface area contributed by atoms with E-state index in [0.717, 1.165) is 0 Å². The molecule has 0 heterocycles. The van der Waals surface area contributed by atoms with Crippen LogP contribution >= 0.6 is 0 Å². The van der Waals surface area contributed by atoms with Gasteiger partial charge in [0.2, 0.25) is 0 Å². The molecular formula is H8AgAlAuCuMgSi. The summed E-state index contributed by atoms with van der Waals surface area (Å²) < 4.78 is 0. The van der Waals surface area contributed by atoms with E-state index < -0.39 is 0 Å². The maximum atomic E-state index is 2.42. The fourth-order valence-corrected chi connectivity index (χ4v) is 0. The van der Waals surface area contributed by atoms with Gasteiger partial charge in [-0.25, -0.2) is 0 Å². The molecule has 0 nitrogen and oxygen atoms in total. The number of hydrogen-bond acceptors (Lipinski definition) is 0. The Hall–Kier alpha value is 3.52. The van der Waals surface area contributed by atoms with E-state index in [9.17, 15) is 0 Å². The molecule has 0 aliphatic heterocycles. The molecule has 0 N–H and O–H groups in total. The second kappa shape index (κ2) is 38.9. The van der Waals surface area contributed by atoms with Crippen LogP contribution < -0.4 is 0 Å². The monoisotopic (exact) mass is 454 g/mol. The number of hydrogen-bond donors (Lipinski definition) is 0. The summed E-state index contributed by atoms with van der Waals surface area (Å²) in [7, 11) is 1.25. The molecule has 6 heteroatoms. The molecule has 0 unspecified atom stereocenters. The molecule has 0 fully saturated rings. The summed E-state index contributed by atoms with van der Waals surface area (Å²) in [6.45, 7) is 0. The van der Waals surface area contributed by atoms with Gasteiger partial charge in [0.05, 0.1) is 0 Å². The molecule has 6 heavy (non-hydrogen) atoms. The molecule has 0 aromatic carbocycles. The molecular weight excluding hydrogens is 448 g/mol. The second-order valence-electron chi connectivity index (χ2n) is 0. The van der Waals surface area contributed by atoms with Crippen molar-refractivity contribution in [2.75, 3.05) is 0 Å². The van der Waals surface area contributed by atoms with E-state index in [2.05, 4.69) is 20.3 Å². The Bertz CT molecular complexity index is 15.5. The quantitative estimate of drug-likeness (QED) is 0.336. The predicted molar refractivity (Wildman–Crippen MR) is 28.4 cm³/mol. The molecule has 0 aromatic rings. The van der Waals surface area contributed by atoms with Crippen molar-refractivity contribution in [3.05, 3.63) is 0 Å². The SMILES string of the molecule is [Ag].[AlH3].[Cu].[MgH2].[SiH3][Au]. The summed E-state index contributed by atoms with van der Waals surface area (Å²) in [5.41, 5.74) is 0. The minimum absolute atomic E-state index is 0. The Morgan fingerprint density at radius 2 is 1.17 bits per heavy atom. The average molecular weight is 456 g/mol. The van der Waals surface area contributed by atoms with E-state index in [-0.39, 0.29) is 79.9 Å². The van der Waals surface area contributed by atoms with Gasteiger partial charge in [-0.15, -0.1) is 0 Å². The first-order chi connectivity index (χ1) is 1.00. The zero-order valence-corrected chi connectivity index (χ0v) is 8.49. The van der Waals surface area contributed by atoms with Gasteiger partial charge in [0.25, 0.3) is 0 Å². The van der Waals surface area contributed by atoms with E-state index >= 15 is 0 Å². The van der Waals surface area contributed by atoms with Crippen LogP contribution in [0.25, 0.3) is 0 Å². The van der Waals surface area contributed by atoms with Gasteiger partial charge in [0.1, 0.15) is 0 Å². The molecule has 50 valence electrons. The van der Waals surface area contributed by atoms with Gasteiger partial charge >= 0.3 is 51.4 Å². The number of rotatable bonds is 0. The van der Waals surface area contributed by atoms with Crippen LogP contribution in [0, 0.1) is 0 Å². The van der Waals surface area contributed by atoms with Gasteiger partial charge in [-0.3, -0.25) is 0 Å². The van der Waals surface area contributed by atoms with E-state index in [1.54, 1.807) is 0 Å². The molecule has 0 aliphatic rings. The van der Waals surface area contributed by atoms with Crippen molar-refractivity contribution < 1.29 is 59.8 Å². The molecule has 0 saturated carbocycles. The van der Waals surface area contributed by atoms with Crippen molar-refractivity contribution in [2.24, 2.45) is 0 Å². The predicted octanol–water partition coefficient (Wildman–Crippen LogP) is -3.29. The zero-order valence-electron chi connectivity index (χ0n) is 1.90. The maximum absolute atomic E-state index is 2.42. The van der Waals surface area contributed by atoms with Gasteiger partial charge in [-0.2, -0.15) is 0 Å². The zero-order chi connectivity index (χ0) is 2.00. The minimum atomic E-state index is 0. The van der Waals surface area contributed by atoms with Crippen LogP contribution in [0.2, 0.25) is 0 Å². The molecule has 0 saturated heterocycles. The first kappa shape index (κ1) is 33.8. The molecule has 2 radical (unpaired) electrons. The Morgan fingerprint density at radius 1 is 1.17 bits per heavy atom. The van der Waals surface area contributed by atoms with E-state index in [1.165, 1.54) is 8.00 Å². The molecule has 0 spiro atoms. The van der Waals surface area contributed by atoms with E-state index in [0.29, 0.717) is 0 Å². The van der Waals surface area contributed by atoms with Crippen molar-refractivity contribution in [3.8, 4) is 0 Å². The van der Waals surface area contributed by atoms with Crippen molar-refractivity contribution >= 4 is 48.4 Å². The van der Waals surface area contributed by atoms with Crippen LogP contribution in [0.5, 0.6) is 0 Å². The van der Waals surface area contributed by atoms with Crippen LogP contribution in [0.4, 0.5) is 0 Å². The molecule has 0 rings (SSSR count). The fourth-order valence-electron chi connectivity index (χ4n) is 0. The van der Waals surface area contributed by atoms with Crippen molar-refractivity contribution in [2.45, 2.75) is 0 Å². The summed E-state index contributed by atoms with van der Waals surface area (Å²) in [6.07, 6.45) is 0. The third-order valence-corrected chi connectivity index (χ3v) is 0. The van der Waals surface area contributed by atoms with Crippen LogP contribution in [0.3, 0.4) is 0 Å². The summed E-state index contributed by atoms with van der Waals surface area (Å²) >= 11 is 2.42. The van der Waals surface area contributed by atoms with Crippen molar-refractivity contribution in [3.63, 3.8) is 0 Å². The van der Waals surface area contributed by atoms with E-state index in [4.69, 9.17) is 0 Å². The Morgan fingerprint density at radius 3 is 1.17 bits per heavy atom. The normalized spacial score (nSPS) is 1.67. The topological polar surface area (TPSA) is 0 Å². The second-order valence-corrected chi connectivity index (χ2v) is 0. The van der Waals surface area contributed by atoms with Crippen LogP contribution in [0.1, 0.15) is 0 Å². The van der Waals surface area contributed by atoms with Crippen LogP contribution in [-0.4, -0.2) is 48.4 Å². The summed E-state index contributed by atoms with van der Waals surface area (Å²) in [6, 6.07) is 0.